The Bertz CT molecular complexity index is 1520. The van der Waals surface area contributed by atoms with Gasteiger partial charge >= 0.3 is 6.03 Å². The van der Waals surface area contributed by atoms with Crippen LogP contribution < -0.4 is 20.7 Å². The van der Waals surface area contributed by atoms with E-state index in [0.29, 0.717) is 47.0 Å². The molecule has 0 saturated carbocycles. The molecular weight excluding hydrogens is 576 g/mol. The number of hydrogen-bond acceptors (Lipinski definition) is 8. The summed E-state index contributed by atoms with van der Waals surface area (Å²) in [4.78, 5) is 43.3. The molecule has 0 bridgehead atoms. The fraction of sp³-hybridized carbons (Fsp3) is 0.455. The first kappa shape index (κ1) is 30.6. The van der Waals surface area contributed by atoms with Crippen LogP contribution in [-0.4, -0.2) is 83.8 Å². The van der Waals surface area contributed by atoms with Crippen LogP contribution in [0.5, 0.6) is 5.75 Å². The van der Waals surface area contributed by atoms with Crippen molar-refractivity contribution in [2.75, 3.05) is 37.4 Å². The third-order valence-electron chi connectivity index (χ3n) is 8.84. The Balaban J connectivity index is 1.02. The lowest BCUT2D eigenvalue weighted by Crippen LogP contribution is -2.54. The maximum atomic E-state index is 13.6. The van der Waals surface area contributed by atoms with Crippen LogP contribution in [0.15, 0.2) is 53.1 Å². The number of benzene rings is 2. The van der Waals surface area contributed by atoms with Crippen molar-refractivity contribution in [1.82, 2.24) is 20.3 Å². The number of aryl methyl sites for hydroxylation is 2. The highest BCUT2D eigenvalue weighted by Crippen LogP contribution is 2.33. The summed E-state index contributed by atoms with van der Waals surface area (Å²) in [6.45, 7) is 6.36. The molecular formula is C33H40N6O6. The van der Waals surface area contributed by atoms with Gasteiger partial charge in [-0.05, 0) is 56.9 Å². The molecule has 2 saturated heterocycles. The van der Waals surface area contributed by atoms with Gasteiger partial charge in [0.05, 0.1) is 24.1 Å². The quantitative estimate of drug-likeness (QED) is 0.361. The first-order valence-electron chi connectivity index (χ1n) is 15.5. The summed E-state index contributed by atoms with van der Waals surface area (Å²) < 4.78 is 17.6. The minimum Gasteiger partial charge on any atom is -0.490 e. The molecule has 0 radical (unpaired) electrons. The Hall–Kier alpha value is -4.42. The minimum absolute atomic E-state index is 0.00929. The number of aromatic nitrogens is 1. The van der Waals surface area contributed by atoms with E-state index in [4.69, 9.17) is 14.0 Å². The van der Waals surface area contributed by atoms with Crippen LogP contribution in [0.4, 0.5) is 16.2 Å². The van der Waals surface area contributed by atoms with Crippen molar-refractivity contribution >= 4 is 29.2 Å². The van der Waals surface area contributed by atoms with Crippen molar-refractivity contribution < 1.29 is 28.4 Å². The Morgan fingerprint density at radius 1 is 1.04 bits per heavy atom. The molecule has 1 aromatic heterocycles. The lowest BCUT2D eigenvalue weighted by molar-refractivity contribution is -0.134. The molecule has 3 N–H and O–H groups in total. The van der Waals surface area contributed by atoms with E-state index < -0.39 is 6.03 Å². The molecule has 3 aliphatic rings. The topological polar surface area (TPSA) is 138 Å². The Labute approximate surface area is 262 Å². The average molecular weight is 617 g/mol. The zero-order valence-electron chi connectivity index (χ0n) is 25.9. The van der Waals surface area contributed by atoms with Crippen molar-refractivity contribution in [3.8, 4) is 5.75 Å². The van der Waals surface area contributed by atoms with Crippen molar-refractivity contribution in [2.24, 2.45) is 0 Å². The highest BCUT2D eigenvalue weighted by atomic mass is 16.5. The maximum absolute atomic E-state index is 13.6. The third-order valence-corrected chi connectivity index (χ3v) is 8.84. The van der Waals surface area contributed by atoms with Crippen LogP contribution in [0.1, 0.15) is 53.1 Å². The molecule has 4 atom stereocenters. The molecule has 6 rings (SSSR count). The summed E-state index contributed by atoms with van der Waals surface area (Å²) in [5, 5.41) is 12.5. The van der Waals surface area contributed by atoms with Crippen molar-refractivity contribution in [1.29, 1.82) is 0 Å². The van der Waals surface area contributed by atoms with E-state index in [1.165, 1.54) is 5.56 Å². The van der Waals surface area contributed by atoms with Crippen molar-refractivity contribution in [2.45, 2.75) is 70.4 Å². The van der Waals surface area contributed by atoms with Crippen molar-refractivity contribution in [3.05, 3.63) is 71.1 Å². The largest absolute Gasteiger partial charge is 0.490 e. The van der Waals surface area contributed by atoms with E-state index in [9.17, 15) is 14.4 Å². The fourth-order valence-corrected chi connectivity index (χ4v) is 6.47. The van der Waals surface area contributed by atoms with Gasteiger partial charge in [0.25, 0.3) is 5.91 Å². The SMILES string of the molecule is Cc1noc(C)c1NC(=O)Nc1ccc2c(c1)C(=O)N(C)[C@@H]1CC[C@H](CC(=O)N[C@H]3CCN(Cc4ccccc4)C3)O[C@@H]1CO2. The normalized spacial score (nSPS) is 23.3. The van der Waals surface area contributed by atoms with Crippen LogP contribution in [0.3, 0.4) is 0 Å². The summed E-state index contributed by atoms with van der Waals surface area (Å²) in [7, 11) is 1.76. The molecule has 0 unspecified atom stereocenters. The van der Waals surface area contributed by atoms with Gasteiger partial charge in [-0.25, -0.2) is 4.79 Å². The molecule has 12 nitrogen and oxygen atoms in total. The second kappa shape index (κ2) is 13.3. The highest BCUT2D eigenvalue weighted by Gasteiger charge is 2.39. The smallest absolute Gasteiger partial charge is 0.323 e. The fourth-order valence-electron chi connectivity index (χ4n) is 6.47. The highest BCUT2D eigenvalue weighted by molar-refractivity contribution is 6.03. The lowest BCUT2D eigenvalue weighted by atomic mass is 9.94. The number of anilines is 2. The Kier molecular flexibility index (Phi) is 9.04. The number of ether oxygens (including phenoxy) is 2. The number of fused-ring (bicyclic) bond motifs is 2. The molecule has 0 spiro atoms. The molecule has 45 heavy (non-hydrogen) atoms. The molecule has 4 amide bonds. The van der Waals surface area contributed by atoms with E-state index >= 15 is 0 Å². The van der Waals surface area contributed by atoms with Gasteiger partial charge in [0, 0.05) is 38.4 Å². The maximum Gasteiger partial charge on any atom is 0.323 e. The van der Waals surface area contributed by atoms with Gasteiger partial charge < -0.3 is 34.8 Å². The van der Waals surface area contributed by atoms with Gasteiger partial charge in [-0.3, -0.25) is 14.5 Å². The van der Waals surface area contributed by atoms with Crippen LogP contribution in [0.25, 0.3) is 0 Å². The summed E-state index contributed by atoms with van der Waals surface area (Å²) in [6.07, 6.45) is 1.94. The van der Waals surface area contributed by atoms with Crippen LogP contribution >= 0.6 is 0 Å². The molecule has 2 aromatic carbocycles. The van der Waals surface area contributed by atoms with Gasteiger partial charge in [-0.2, -0.15) is 0 Å². The second-order valence-corrected chi connectivity index (χ2v) is 12.1. The summed E-state index contributed by atoms with van der Waals surface area (Å²) in [6, 6.07) is 14.8. The van der Waals surface area contributed by atoms with Crippen molar-refractivity contribution in [3.63, 3.8) is 0 Å². The van der Waals surface area contributed by atoms with Gasteiger partial charge in [0.15, 0.2) is 5.76 Å². The number of carbonyl (C=O) groups is 3. The van der Waals surface area contributed by atoms with Crippen LogP contribution in [0, 0.1) is 13.8 Å². The van der Waals surface area contributed by atoms with E-state index in [1.54, 1.807) is 44.0 Å². The molecule has 4 heterocycles. The molecule has 12 heteroatoms. The van der Waals surface area contributed by atoms with Crippen LogP contribution in [-0.2, 0) is 16.1 Å². The first-order chi connectivity index (χ1) is 21.7. The Morgan fingerprint density at radius 3 is 2.64 bits per heavy atom. The van der Waals surface area contributed by atoms with Gasteiger partial charge in [-0.1, -0.05) is 35.5 Å². The number of hydrogen-bond donors (Lipinski definition) is 3. The summed E-state index contributed by atoms with van der Waals surface area (Å²) in [5.41, 5.74) is 3.14. The van der Waals surface area contributed by atoms with E-state index in [2.05, 4.69) is 38.1 Å². The van der Waals surface area contributed by atoms with Gasteiger partial charge in [0.1, 0.15) is 29.8 Å². The number of carbonyl (C=O) groups excluding carboxylic acids is 3. The lowest BCUT2D eigenvalue weighted by Gasteiger charge is -2.42. The zero-order chi connectivity index (χ0) is 31.5. The Morgan fingerprint density at radius 2 is 1.87 bits per heavy atom. The minimum atomic E-state index is -0.481. The standard InChI is InChI=1S/C33H40N6O6/c1-20-31(21(2)45-37-20)36-33(42)35-23-9-12-28-26(15-23)32(41)38(3)27-11-10-25(44-29(27)19-43-28)16-30(40)34-24-13-14-39(18-24)17-22-7-5-4-6-8-22/h4-9,12,15,24-25,27,29H,10-11,13-14,16-19H2,1-3H3,(H,34,40)(H2,35,36,42)/t24-,25+,27+,29+/m0/s1. The van der Waals surface area contributed by atoms with Gasteiger partial charge in [-0.15, -0.1) is 0 Å². The van der Waals surface area contributed by atoms with E-state index in [1.807, 2.05) is 18.2 Å². The molecule has 3 aliphatic heterocycles. The predicted molar refractivity (Wildman–Crippen MR) is 167 cm³/mol. The monoisotopic (exact) mass is 616 g/mol. The number of urea groups is 1. The molecule has 3 aromatic rings. The number of amides is 4. The number of rotatable bonds is 7. The van der Waals surface area contributed by atoms with Gasteiger partial charge in [0.2, 0.25) is 5.91 Å². The summed E-state index contributed by atoms with van der Waals surface area (Å²) >= 11 is 0. The average Bonchev–Trinajstić information content (AvgIpc) is 3.60. The summed E-state index contributed by atoms with van der Waals surface area (Å²) in [5.74, 6) is 0.671. The number of likely N-dealkylation sites (tertiary alicyclic amines) is 1. The zero-order valence-corrected chi connectivity index (χ0v) is 25.9. The van der Waals surface area contributed by atoms with E-state index in [-0.39, 0.29) is 49.1 Å². The molecule has 0 aliphatic carbocycles. The first-order valence-corrected chi connectivity index (χ1v) is 15.5. The number of nitrogens with zero attached hydrogens (tertiary/aromatic N) is 3. The predicted octanol–water partition coefficient (Wildman–Crippen LogP) is 4.10. The molecule has 238 valence electrons. The molecule has 2 fully saturated rings. The number of likely N-dealkylation sites (N-methyl/N-ethyl adjacent to an activating group) is 1. The third kappa shape index (κ3) is 7.12. The number of nitrogens with one attached hydrogen (secondary N) is 3. The second-order valence-electron chi connectivity index (χ2n) is 12.1. The van der Waals surface area contributed by atoms with Crippen LogP contribution in [0.2, 0.25) is 0 Å². The van der Waals surface area contributed by atoms with E-state index in [0.717, 1.165) is 26.1 Å².